The Labute approximate surface area is 151 Å². The van der Waals surface area contributed by atoms with E-state index in [1.165, 1.54) is 31.4 Å². The summed E-state index contributed by atoms with van der Waals surface area (Å²) in [5.74, 6) is -0.823. The van der Waals surface area contributed by atoms with Gasteiger partial charge in [-0.05, 0) is 48.2 Å². The molecule has 6 heteroatoms. The molecule has 1 atom stereocenters. The van der Waals surface area contributed by atoms with Gasteiger partial charge in [0.2, 0.25) is 0 Å². The highest BCUT2D eigenvalue weighted by Gasteiger charge is 2.16. The van der Waals surface area contributed by atoms with Crippen molar-refractivity contribution >= 4 is 29.2 Å². The van der Waals surface area contributed by atoms with Crippen molar-refractivity contribution < 1.29 is 19.4 Å². The normalized spacial score (nSPS) is 11.7. The second-order valence-corrected chi connectivity index (χ2v) is 6.13. The molecule has 0 saturated heterocycles. The fraction of sp³-hybridized carbons (Fsp3) is 0.263. The van der Waals surface area contributed by atoms with E-state index >= 15 is 0 Å². The fourth-order valence-corrected chi connectivity index (χ4v) is 2.56. The summed E-state index contributed by atoms with van der Waals surface area (Å²) in [6, 6.07) is 9.43. The van der Waals surface area contributed by atoms with Crippen molar-refractivity contribution in [1.29, 1.82) is 0 Å². The molecule has 2 N–H and O–H groups in total. The summed E-state index contributed by atoms with van der Waals surface area (Å²) in [6.07, 6.45) is 0.923. The lowest BCUT2D eigenvalue weighted by molar-refractivity contribution is 0.0600. The van der Waals surface area contributed by atoms with Crippen LogP contribution in [0.2, 0.25) is 5.02 Å². The number of benzene rings is 2. The zero-order valence-corrected chi connectivity index (χ0v) is 15.1. The minimum Gasteiger partial charge on any atom is -0.507 e. The van der Waals surface area contributed by atoms with Gasteiger partial charge in [0.05, 0.1) is 28.9 Å². The second kappa shape index (κ2) is 8.03. The van der Waals surface area contributed by atoms with E-state index in [4.69, 9.17) is 11.6 Å². The van der Waals surface area contributed by atoms with Gasteiger partial charge >= 0.3 is 5.97 Å². The van der Waals surface area contributed by atoms with Gasteiger partial charge in [-0.1, -0.05) is 31.5 Å². The van der Waals surface area contributed by atoms with Crippen molar-refractivity contribution in [2.45, 2.75) is 26.2 Å². The molecule has 25 heavy (non-hydrogen) atoms. The van der Waals surface area contributed by atoms with Crippen LogP contribution in [0.3, 0.4) is 0 Å². The van der Waals surface area contributed by atoms with Gasteiger partial charge in [0.15, 0.2) is 0 Å². The molecule has 1 unspecified atom stereocenters. The molecule has 2 rings (SSSR count). The smallest absolute Gasteiger partial charge is 0.337 e. The average Bonchev–Trinajstić information content (AvgIpc) is 2.62. The van der Waals surface area contributed by atoms with Gasteiger partial charge in [-0.25, -0.2) is 4.79 Å². The van der Waals surface area contributed by atoms with Gasteiger partial charge in [-0.15, -0.1) is 0 Å². The first kappa shape index (κ1) is 18.8. The predicted octanol–water partition coefficient (Wildman–Crippen LogP) is 4.60. The van der Waals surface area contributed by atoms with Crippen LogP contribution < -0.4 is 5.32 Å². The summed E-state index contributed by atoms with van der Waals surface area (Å²) < 4.78 is 4.63. The number of hydrogen-bond donors (Lipinski definition) is 2. The zero-order valence-electron chi connectivity index (χ0n) is 14.3. The number of amides is 1. The molecule has 2 aromatic rings. The van der Waals surface area contributed by atoms with Crippen molar-refractivity contribution in [3.63, 3.8) is 0 Å². The molecule has 0 aromatic heterocycles. The summed E-state index contributed by atoms with van der Waals surface area (Å²) in [5.41, 5.74) is 1.77. The van der Waals surface area contributed by atoms with Gasteiger partial charge in [-0.3, -0.25) is 4.79 Å². The highest BCUT2D eigenvalue weighted by Crippen LogP contribution is 2.28. The maximum Gasteiger partial charge on any atom is 0.337 e. The van der Waals surface area contributed by atoms with Gasteiger partial charge in [0, 0.05) is 0 Å². The third kappa shape index (κ3) is 4.31. The number of hydrogen-bond acceptors (Lipinski definition) is 4. The highest BCUT2D eigenvalue weighted by atomic mass is 35.5. The first-order valence-electron chi connectivity index (χ1n) is 7.89. The number of rotatable bonds is 5. The lowest BCUT2D eigenvalue weighted by Gasteiger charge is -2.13. The Balaban J connectivity index is 2.26. The van der Waals surface area contributed by atoms with Crippen LogP contribution >= 0.6 is 11.6 Å². The number of ether oxygens (including phenoxy) is 1. The van der Waals surface area contributed by atoms with Crippen molar-refractivity contribution in [3.05, 3.63) is 58.1 Å². The topological polar surface area (TPSA) is 75.6 Å². The number of esters is 1. The van der Waals surface area contributed by atoms with E-state index in [-0.39, 0.29) is 27.8 Å². The largest absolute Gasteiger partial charge is 0.507 e. The summed E-state index contributed by atoms with van der Waals surface area (Å²) in [4.78, 5) is 24.0. The predicted molar refractivity (Wildman–Crippen MR) is 97.6 cm³/mol. The fourth-order valence-electron chi connectivity index (χ4n) is 2.33. The van der Waals surface area contributed by atoms with Crippen LogP contribution in [0.25, 0.3) is 0 Å². The van der Waals surface area contributed by atoms with Crippen molar-refractivity contribution in [2.75, 3.05) is 12.4 Å². The Kier molecular flexibility index (Phi) is 6.04. The first-order chi connectivity index (χ1) is 11.9. The zero-order chi connectivity index (χ0) is 18.6. The van der Waals surface area contributed by atoms with E-state index in [0.29, 0.717) is 5.69 Å². The van der Waals surface area contributed by atoms with E-state index in [9.17, 15) is 14.7 Å². The third-order valence-electron chi connectivity index (χ3n) is 4.09. The molecule has 0 aliphatic carbocycles. The van der Waals surface area contributed by atoms with Crippen LogP contribution in [-0.2, 0) is 4.74 Å². The highest BCUT2D eigenvalue weighted by molar-refractivity contribution is 6.34. The maximum absolute atomic E-state index is 12.5. The molecule has 0 radical (unpaired) electrons. The van der Waals surface area contributed by atoms with E-state index in [0.717, 1.165) is 12.0 Å². The number of phenols is 1. The Hall–Kier alpha value is -2.53. The Bertz CT molecular complexity index is 804. The molecule has 0 aliphatic heterocycles. The Morgan fingerprint density at radius 3 is 2.56 bits per heavy atom. The Morgan fingerprint density at radius 1 is 1.24 bits per heavy atom. The number of phenolic OH excluding ortho intramolecular Hbond substituents is 1. The molecule has 5 nitrogen and oxygen atoms in total. The number of halogens is 1. The monoisotopic (exact) mass is 361 g/mol. The lowest BCUT2D eigenvalue weighted by atomic mass is 9.96. The van der Waals surface area contributed by atoms with Gasteiger partial charge < -0.3 is 15.2 Å². The van der Waals surface area contributed by atoms with Crippen molar-refractivity contribution in [3.8, 4) is 5.75 Å². The molecule has 0 spiro atoms. The number of carbonyl (C=O) groups is 2. The molecule has 2 aromatic carbocycles. The summed E-state index contributed by atoms with van der Waals surface area (Å²) in [5, 5.41) is 12.9. The molecular weight excluding hydrogens is 342 g/mol. The molecule has 132 valence electrons. The van der Waals surface area contributed by atoms with Crippen LogP contribution in [-0.4, -0.2) is 24.1 Å². The van der Waals surface area contributed by atoms with Crippen molar-refractivity contribution in [1.82, 2.24) is 0 Å². The van der Waals surface area contributed by atoms with Crippen LogP contribution in [0.5, 0.6) is 5.75 Å². The minimum atomic E-state index is -0.515. The summed E-state index contributed by atoms with van der Waals surface area (Å²) in [6.45, 7) is 4.11. The van der Waals surface area contributed by atoms with Crippen molar-refractivity contribution in [2.24, 2.45) is 0 Å². The number of methoxy groups -OCH3 is 1. The van der Waals surface area contributed by atoms with Gasteiger partial charge in [0.25, 0.3) is 5.91 Å². The number of anilines is 1. The van der Waals surface area contributed by atoms with Crippen LogP contribution in [0.15, 0.2) is 36.4 Å². The van der Waals surface area contributed by atoms with Crippen LogP contribution in [0, 0.1) is 0 Å². The van der Waals surface area contributed by atoms with Crippen LogP contribution in [0.4, 0.5) is 5.69 Å². The summed E-state index contributed by atoms with van der Waals surface area (Å²) in [7, 11) is 1.28. The summed E-state index contributed by atoms with van der Waals surface area (Å²) >= 11 is 6.12. The number of carbonyl (C=O) groups excluding carboxylic acids is 2. The third-order valence-corrected chi connectivity index (χ3v) is 4.40. The van der Waals surface area contributed by atoms with Gasteiger partial charge in [0.1, 0.15) is 5.75 Å². The van der Waals surface area contributed by atoms with E-state index in [1.54, 1.807) is 12.1 Å². The number of nitrogens with one attached hydrogen (secondary N) is 1. The quantitative estimate of drug-likeness (QED) is 0.763. The Morgan fingerprint density at radius 2 is 1.96 bits per heavy atom. The molecule has 0 heterocycles. The average molecular weight is 362 g/mol. The number of aromatic hydroxyl groups is 1. The first-order valence-corrected chi connectivity index (χ1v) is 8.27. The van der Waals surface area contributed by atoms with E-state index in [2.05, 4.69) is 23.9 Å². The minimum absolute atomic E-state index is 0.105. The molecule has 0 aliphatic rings. The molecule has 0 fully saturated rings. The molecular formula is C19H20ClNO4. The molecule has 0 bridgehead atoms. The van der Waals surface area contributed by atoms with Crippen LogP contribution in [0.1, 0.15) is 52.5 Å². The van der Waals surface area contributed by atoms with E-state index in [1.807, 2.05) is 0 Å². The second-order valence-electron chi connectivity index (χ2n) is 5.73. The maximum atomic E-state index is 12.5. The SMILES string of the molecule is CCC(C)c1ccc(O)c(C(=O)Nc2ccc(C(=O)OC)cc2Cl)c1. The van der Waals surface area contributed by atoms with E-state index < -0.39 is 11.9 Å². The molecule has 0 saturated carbocycles. The van der Waals surface area contributed by atoms with Gasteiger partial charge in [-0.2, -0.15) is 0 Å². The standard InChI is InChI=1S/C19H20ClNO4/c1-4-11(2)12-6-8-17(22)14(9-12)18(23)21-16-7-5-13(10-15(16)20)19(24)25-3/h5-11,22H,4H2,1-3H3,(H,21,23). The molecule has 1 amide bonds. The lowest BCUT2D eigenvalue weighted by Crippen LogP contribution is -2.13.